The molecule has 2 aromatic rings. The highest BCUT2D eigenvalue weighted by Gasteiger charge is 2.00. The van der Waals surface area contributed by atoms with Crippen molar-refractivity contribution in [3.63, 3.8) is 0 Å². The second kappa shape index (κ2) is 4.61. The lowest BCUT2D eigenvalue weighted by molar-refractivity contribution is -0.136. The van der Waals surface area contributed by atoms with Crippen molar-refractivity contribution in [3.8, 4) is 5.69 Å². The number of aromatic nitrogens is 2. The molecule has 4 nitrogen and oxygen atoms in total. The Morgan fingerprint density at radius 1 is 1.31 bits per heavy atom. The molecular formula is C12H12N2O2. The molecule has 0 bridgehead atoms. The van der Waals surface area contributed by atoms with Crippen LogP contribution in [0.5, 0.6) is 0 Å². The molecule has 0 aliphatic carbocycles. The molecule has 0 spiro atoms. The Kier molecular flexibility index (Phi) is 3.00. The molecule has 1 heterocycles. The summed E-state index contributed by atoms with van der Waals surface area (Å²) in [7, 11) is 0. The minimum absolute atomic E-state index is 0.168. The summed E-state index contributed by atoms with van der Waals surface area (Å²) in [6.07, 6.45) is 4.32. The van der Waals surface area contributed by atoms with E-state index in [1.165, 1.54) is 0 Å². The van der Waals surface area contributed by atoms with Crippen LogP contribution in [0.3, 0.4) is 0 Å². The van der Waals surface area contributed by atoms with Crippen molar-refractivity contribution in [3.05, 3.63) is 48.3 Å². The number of hydrogen-bond donors (Lipinski definition) is 1. The van der Waals surface area contributed by atoms with E-state index in [9.17, 15) is 4.79 Å². The van der Waals surface area contributed by atoms with E-state index in [-0.39, 0.29) is 6.42 Å². The molecule has 4 heteroatoms. The minimum atomic E-state index is -0.767. The number of benzene rings is 1. The van der Waals surface area contributed by atoms with Crippen molar-refractivity contribution >= 4 is 5.97 Å². The van der Waals surface area contributed by atoms with Crippen molar-refractivity contribution in [1.29, 1.82) is 0 Å². The van der Waals surface area contributed by atoms with Gasteiger partial charge >= 0.3 is 5.97 Å². The van der Waals surface area contributed by atoms with E-state index >= 15 is 0 Å². The number of aliphatic carboxylic acids is 1. The van der Waals surface area contributed by atoms with E-state index in [1.54, 1.807) is 10.9 Å². The Labute approximate surface area is 93.1 Å². The van der Waals surface area contributed by atoms with Gasteiger partial charge in [0.25, 0.3) is 0 Å². The van der Waals surface area contributed by atoms with E-state index in [0.717, 1.165) is 11.3 Å². The van der Waals surface area contributed by atoms with Gasteiger partial charge in [0.15, 0.2) is 0 Å². The Hall–Kier alpha value is -2.10. The number of carboxylic acid groups (broad SMARTS) is 1. The second-order valence-electron chi connectivity index (χ2n) is 3.51. The van der Waals surface area contributed by atoms with Crippen LogP contribution in [-0.4, -0.2) is 20.9 Å². The zero-order chi connectivity index (χ0) is 11.4. The topological polar surface area (TPSA) is 55.1 Å². The monoisotopic (exact) mass is 216 g/mol. The zero-order valence-electron chi connectivity index (χ0n) is 8.71. The number of hydrogen-bond acceptors (Lipinski definition) is 2. The molecule has 0 amide bonds. The predicted molar refractivity (Wildman–Crippen MR) is 59.5 cm³/mol. The van der Waals surface area contributed by atoms with Crippen LogP contribution < -0.4 is 0 Å². The summed E-state index contributed by atoms with van der Waals surface area (Å²) >= 11 is 0. The summed E-state index contributed by atoms with van der Waals surface area (Å²) in [5, 5.41) is 12.7. The van der Waals surface area contributed by atoms with Gasteiger partial charge in [-0.25, -0.2) is 4.68 Å². The van der Waals surface area contributed by atoms with Crippen LogP contribution in [0.1, 0.15) is 12.0 Å². The molecule has 0 radical (unpaired) electrons. The van der Waals surface area contributed by atoms with Crippen LogP contribution in [0.25, 0.3) is 5.69 Å². The SMILES string of the molecule is O=C(O)CCc1ccc(-n2cccn2)cc1. The van der Waals surface area contributed by atoms with Gasteiger partial charge in [-0.05, 0) is 30.2 Å². The number of aryl methyl sites for hydroxylation is 1. The highest BCUT2D eigenvalue weighted by molar-refractivity contribution is 5.67. The van der Waals surface area contributed by atoms with Crippen molar-refractivity contribution in [2.24, 2.45) is 0 Å². The average molecular weight is 216 g/mol. The maximum atomic E-state index is 10.4. The van der Waals surface area contributed by atoms with Crippen molar-refractivity contribution in [1.82, 2.24) is 9.78 Å². The van der Waals surface area contributed by atoms with Crippen LogP contribution in [0.15, 0.2) is 42.7 Å². The number of rotatable bonds is 4. The second-order valence-corrected chi connectivity index (χ2v) is 3.51. The van der Waals surface area contributed by atoms with Crippen molar-refractivity contribution < 1.29 is 9.90 Å². The fraction of sp³-hybridized carbons (Fsp3) is 0.167. The summed E-state index contributed by atoms with van der Waals surface area (Å²) in [6, 6.07) is 9.59. The van der Waals surface area contributed by atoms with E-state index in [1.807, 2.05) is 36.5 Å². The van der Waals surface area contributed by atoms with Gasteiger partial charge in [-0.15, -0.1) is 0 Å². The summed E-state index contributed by atoms with van der Waals surface area (Å²) in [5.74, 6) is -0.767. The third-order valence-electron chi connectivity index (χ3n) is 2.33. The zero-order valence-corrected chi connectivity index (χ0v) is 8.71. The fourth-order valence-electron chi connectivity index (χ4n) is 1.49. The molecule has 0 aliphatic rings. The lowest BCUT2D eigenvalue weighted by Crippen LogP contribution is -1.98. The van der Waals surface area contributed by atoms with Crippen LogP contribution in [0.2, 0.25) is 0 Å². The summed E-state index contributed by atoms with van der Waals surface area (Å²) in [4.78, 5) is 10.4. The van der Waals surface area contributed by atoms with E-state index in [4.69, 9.17) is 5.11 Å². The summed E-state index contributed by atoms with van der Waals surface area (Å²) in [5.41, 5.74) is 2.00. The maximum Gasteiger partial charge on any atom is 0.303 e. The van der Waals surface area contributed by atoms with E-state index in [2.05, 4.69) is 5.10 Å². The first-order chi connectivity index (χ1) is 7.75. The Morgan fingerprint density at radius 3 is 2.62 bits per heavy atom. The van der Waals surface area contributed by atoms with Gasteiger partial charge in [0.2, 0.25) is 0 Å². The van der Waals surface area contributed by atoms with Crippen molar-refractivity contribution in [2.45, 2.75) is 12.8 Å². The molecule has 1 aromatic carbocycles. The number of nitrogens with zero attached hydrogens (tertiary/aromatic N) is 2. The third kappa shape index (κ3) is 2.48. The molecule has 1 aromatic heterocycles. The molecule has 0 aliphatic heterocycles. The molecule has 0 fully saturated rings. The molecule has 0 saturated heterocycles. The first-order valence-corrected chi connectivity index (χ1v) is 5.06. The smallest absolute Gasteiger partial charge is 0.303 e. The van der Waals surface area contributed by atoms with Gasteiger partial charge < -0.3 is 5.11 Å². The maximum absolute atomic E-state index is 10.4. The van der Waals surface area contributed by atoms with Crippen molar-refractivity contribution in [2.75, 3.05) is 0 Å². The van der Waals surface area contributed by atoms with Crippen LogP contribution >= 0.6 is 0 Å². The lowest BCUT2D eigenvalue weighted by Gasteiger charge is -2.03. The van der Waals surface area contributed by atoms with E-state index in [0.29, 0.717) is 6.42 Å². The standard InChI is InChI=1S/C12H12N2O2/c15-12(16)7-4-10-2-5-11(6-3-10)14-9-1-8-13-14/h1-3,5-6,8-9H,4,7H2,(H,15,16). The predicted octanol–water partition coefficient (Wildman–Crippen LogP) is 1.89. The molecule has 16 heavy (non-hydrogen) atoms. The fourth-order valence-corrected chi connectivity index (χ4v) is 1.49. The van der Waals surface area contributed by atoms with E-state index < -0.39 is 5.97 Å². The first-order valence-electron chi connectivity index (χ1n) is 5.06. The van der Waals surface area contributed by atoms with Gasteiger partial charge in [-0.2, -0.15) is 5.10 Å². The Bertz CT molecular complexity index is 460. The lowest BCUT2D eigenvalue weighted by atomic mass is 10.1. The van der Waals surface area contributed by atoms with Gasteiger partial charge in [-0.1, -0.05) is 12.1 Å². The third-order valence-corrected chi connectivity index (χ3v) is 2.33. The number of carboxylic acids is 1. The number of carbonyl (C=O) groups is 1. The molecule has 2 rings (SSSR count). The van der Waals surface area contributed by atoms with Crippen LogP contribution in [0, 0.1) is 0 Å². The van der Waals surface area contributed by atoms with Gasteiger partial charge in [0, 0.05) is 18.8 Å². The average Bonchev–Trinajstić information content (AvgIpc) is 2.80. The molecule has 0 atom stereocenters. The quantitative estimate of drug-likeness (QED) is 0.849. The van der Waals surface area contributed by atoms with Gasteiger partial charge in [-0.3, -0.25) is 4.79 Å². The van der Waals surface area contributed by atoms with Gasteiger partial charge in [0.1, 0.15) is 0 Å². The largest absolute Gasteiger partial charge is 0.481 e. The summed E-state index contributed by atoms with van der Waals surface area (Å²) in [6.45, 7) is 0. The highest BCUT2D eigenvalue weighted by Crippen LogP contribution is 2.10. The van der Waals surface area contributed by atoms with Crippen LogP contribution in [-0.2, 0) is 11.2 Å². The first kappa shape index (κ1) is 10.4. The molecular weight excluding hydrogens is 204 g/mol. The normalized spacial score (nSPS) is 10.2. The molecule has 1 N–H and O–H groups in total. The summed E-state index contributed by atoms with van der Waals surface area (Å²) < 4.78 is 1.76. The van der Waals surface area contributed by atoms with Crippen LogP contribution in [0.4, 0.5) is 0 Å². The highest BCUT2D eigenvalue weighted by atomic mass is 16.4. The Balaban J connectivity index is 2.08. The molecule has 82 valence electrons. The minimum Gasteiger partial charge on any atom is -0.481 e. The Morgan fingerprint density at radius 2 is 2.06 bits per heavy atom. The van der Waals surface area contributed by atoms with Gasteiger partial charge in [0.05, 0.1) is 5.69 Å². The molecule has 0 saturated carbocycles. The molecule has 0 unspecified atom stereocenters.